The van der Waals surface area contributed by atoms with Gasteiger partial charge in [-0.15, -0.1) is 24.2 Å². The number of methoxy groups -OCH3 is 1. The van der Waals surface area contributed by atoms with Crippen molar-refractivity contribution in [3.63, 3.8) is 0 Å². The maximum atomic E-state index is 11.6. The standard InChI is InChI=1S/C13H20N2O2S.ClH/c1-13(2,14)9-15-12(16)8-18-11-6-4-10(17-3)5-7-11;/h4-7H,8-9,14H2,1-3H3,(H,15,16);1H. The van der Waals surface area contributed by atoms with E-state index in [0.717, 1.165) is 10.6 Å². The van der Waals surface area contributed by atoms with E-state index < -0.39 is 0 Å². The zero-order chi connectivity index (χ0) is 13.6. The molecule has 0 bridgehead atoms. The van der Waals surface area contributed by atoms with Crippen molar-refractivity contribution < 1.29 is 9.53 Å². The van der Waals surface area contributed by atoms with Gasteiger partial charge in [-0.1, -0.05) is 0 Å². The predicted molar refractivity (Wildman–Crippen MR) is 82.2 cm³/mol. The van der Waals surface area contributed by atoms with Crippen LogP contribution in [-0.2, 0) is 4.79 Å². The van der Waals surface area contributed by atoms with Gasteiger partial charge in [-0.25, -0.2) is 0 Å². The fourth-order valence-electron chi connectivity index (χ4n) is 1.20. The first-order valence-corrected chi connectivity index (χ1v) is 6.72. The van der Waals surface area contributed by atoms with Gasteiger partial charge in [0.25, 0.3) is 0 Å². The van der Waals surface area contributed by atoms with E-state index >= 15 is 0 Å². The van der Waals surface area contributed by atoms with E-state index in [1.54, 1.807) is 7.11 Å². The molecule has 0 unspecified atom stereocenters. The molecule has 0 radical (unpaired) electrons. The number of thioether (sulfide) groups is 1. The third kappa shape index (κ3) is 7.97. The predicted octanol–water partition coefficient (Wildman–Crippen LogP) is 2.06. The fraction of sp³-hybridized carbons (Fsp3) is 0.462. The maximum Gasteiger partial charge on any atom is 0.230 e. The number of nitrogens with two attached hydrogens (primary N) is 1. The summed E-state index contributed by atoms with van der Waals surface area (Å²) in [6, 6.07) is 7.62. The Morgan fingerprint density at radius 3 is 2.42 bits per heavy atom. The number of ether oxygens (including phenoxy) is 1. The molecule has 19 heavy (non-hydrogen) atoms. The van der Waals surface area contributed by atoms with Crippen molar-refractivity contribution in [1.82, 2.24) is 5.32 Å². The highest BCUT2D eigenvalue weighted by molar-refractivity contribution is 8.00. The molecular formula is C13H21ClN2O2S. The first-order valence-electron chi connectivity index (χ1n) is 5.73. The lowest BCUT2D eigenvalue weighted by molar-refractivity contribution is -0.118. The second kappa shape index (κ2) is 8.30. The van der Waals surface area contributed by atoms with Gasteiger partial charge in [0.05, 0.1) is 12.9 Å². The largest absolute Gasteiger partial charge is 0.497 e. The van der Waals surface area contributed by atoms with E-state index in [0.29, 0.717) is 12.3 Å². The summed E-state index contributed by atoms with van der Waals surface area (Å²) < 4.78 is 5.07. The Bertz CT molecular complexity index is 391. The van der Waals surface area contributed by atoms with Gasteiger partial charge in [0.15, 0.2) is 0 Å². The van der Waals surface area contributed by atoms with Crippen molar-refractivity contribution in [2.75, 3.05) is 19.4 Å². The van der Waals surface area contributed by atoms with Gasteiger partial charge in [-0.05, 0) is 38.1 Å². The molecule has 0 aliphatic heterocycles. The third-order valence-corrected chi connectivity index (χ3v) is 3.18. The van der Waals surface area contributed by atoms with Gasteiger partial charge in [-0.3, -0.25) is 4.79 Å². The van der Waals surface area contributed by atoms with Gasteiger partial charge in [-0.2, -0.15) is 0 Å². The molecule has 0 spiro atoms. The zero-order valence-corrected chi connectivity index (χ0v) is 13.1. The molecule has 0 aliphatic rings. The van der Waals surface area contributed by atoms with Crippen LogP contribution < -0.4 is 15.8 Å². The van der Waals surface area contributed by atoms with Crippen molar-refractivity contribution in [3.05, 3.63) is 24.3 Å². The van der Waals surface area contributed by atoms with Crippen LogP contribution in [0.3, 0.4) is 0 Å². The number of hydrogen-bond donors (Lipinski definition) is 2. The molecule has 1 rings (SSSR count). The summed E-state index contributed by atoms with van der Waals surface area (Å²) >= 11 is 1.49. The highest BCUT2D eigenvalue weighted by Gasteiger charge is 2.12. The minimum atomic E-state index is -0.375. The van der Waals surface area contributed by atoms with Crippen molar-refractivity contribution in [3.8, 4) is 5.75 Å². The number of carbonyl (C=O) groups excluding carboxylic acids is 1. The zero-order valence-electron chi connectivity index (χ0n) is 11.4. The first kappa shape index (κ1) is 18.1. The van der Waals surface area contributed by atoms with Crippen molar-refractivity contribution in [1.29, 1.82) is 0 Å². The molecule has 4 nitrogen and oxygen atoms in total. The van der Waals surface area contributed by atoms with Crippen LogP contribution in [0.25, 0.3) is 0 Å². The van der Waals surface area contributed by atoms with Crippen molar-refractivity contribution in [2.45, 2.75) is 24.3 Å². The monoisotopic (exact) mass is 304 g/mol. The van der Waals surface area contributed by atoms with E-state index in [1.165, 1.54) is 11.8 Å². The molecular weight excluding hydrogens is 284 g/mol. The normalized spacial score (nSPS) is 10.5. The van der Waals surface area contributed by atoms with E-state index in [-0.39, 0.29) is 23.9 Å². The molecule has 6 heteroatoms. The number of halogens is 1. The molecule has 1 aromatic rings. The Hall–Kier alpha value is -0.910. The fourth-order valence-corrected chi connectivity index (χ4v) is 1.93. The maximum absolute atomic E-state index is 11.6. The Kier molecular flexibility index (Phi) is 7.90. The average Bonchev–Trinajstić information content (AvgIpc) is 2.33. The van der Waals surface area contributed by atoms with E-state index in [2.05, 4.69) is 5.32 Å². The molecule has 0 heterocycles. The summed E-state index contributed by atoms with van der Waals surface area (Å²) in [4.78, 5) is 12.6. The van der Waals surface area contributed by atoms with Crippen LogP contribution in [0.4, 0.5) is 0 Å². The quantitative estimate of drug-likeness (QED) is 0.790. The van der Waals surface area contributed by atoms with Crippen LogP contribution in [0.15, 0.2) is 29.2 Å². The summed E-state index contributed by atoms with van der Waals surface area (Å²) in [7, 11) is 1.63. The van der Waals surface area contributed by atoms with Crippen LogP contribution in [0, 0.1) is 0 Å². The lowest BCUT2D eigenvalue weighted by atomic mass is 10.1. The van der Waals surface area contributed by atoms with Gasteiger partial charge < -0.3 is 15.8 Å². The Morgan fingerprint density at radius 2 is 1.95 bits per heavy atom. The Morgan fingerprint density at radius 1 is 1.37 bits per heavy atom. The van der Waals surface area contributed by atoms with Crippen molar-refractivity contribution >= 4 is 30.1 Å². The highest BCUT2D eigenvalue weighted by Crippen LogP contribution is 2.20. The number of benzene rings is 1. The summed E-state index contributed by atoms with van der Waals surface area (Å²) in [5.41, 5.74) is 5.41. The van der Waals surface area contributed by atoms with Gasteiger partial charge in [0.2, 0.25) is 5.91 Å². The molecule has 1 aromatic carbocycles. The summed E-state index contributed by atoms with van der Waals surface area (Å²) in [5.74, 6) is 1.20. The van der Waals surface area contributed by atoms with Crippen LogP contribution in [0.2, 0.25) is 0 Å². The van der Waals surface area contributed by atoms with Crippen LogP contribution >= 0.6 is 24.2 Å². The minimum absolute atomic E-state index is 0. The lowest BCUT2D eigenvalue weighted by Crippen LogP contribution is -2.45. The summed E-state index contributed by atoms with van der Waals surface area (Å²) in [6.45, 7) is 4.24. The molecule has 0 fully saturated rings. The molecule has 0 aliphatic carbocycles. The van der Waals surface area contributed by atoms with Crippen LogP contribution in [-0.4, -0.2) is 30.9 Å². The molecule has 3 N–H and O–H groups in total. The topological polar surface area (TPSA) is 64.3 Å². The van der Waals surface area contributed by atoms with E-state index in [1.807, 2.05) is 38.1 Å². The van der Waals surface area contributed by atoms with Crippen LogP contribution in [0.5, 0.6) is 5.75 Å². The van der Waals surface area contributed by atoms with Crippen LogP contribution in [0.1, 0.15) is 13.8 Å². The van der Waals surface area contributed by atoms with E-state index in [9.17, 15) is 4.79 Å². The summed E-state index contributed by atoms with van der Waals surface area (Å²) in [6.07, 6.45) is 0. The smallest absolute Gasteiger partial charge is 0.230 e. The number of carbonyl (C=O) groups is 1. The Balaban J connectivity index is 0.00000324. The summed E-state index contributed by atoms with van der Waals surface area (Å²) in [5, 5.41) is 2.81. The second-order valence-corrected chi connectivity index (χ2v) is 5.78. The highest BCUT2D eigenvalue weighted by atomic mass is 35.5. The average molecular weight is 305 g/mol. The van der Waals surface area contributed by atoms with Gasteiger partial charge in [0, 0.05) is 17.0 Å². The first-order chi connectivity index (χ1) is 8.40. The minimum Gasteiger partial charge on any atom is -0.497 e. The number of amides is 1. The molecule has 108 valence electrons. The van der Waals surface area contributed by atoms with Gasteiger partial charge in [0.1, 0.15) is 5.75 Å². The molecule has 1 amide bonds. The molecule has 0 saturated carbocycles. The van der Waals surface area contributed by atoms with Gasteiger partial charge >= 0.3 is 0 Å². The SMILES string of the molecule is COc1ccc(SCC(=O)NCC(C)(C)N)cc1.Cl. The third-order valence-electron chi connectivity index (χ3n) is 2.17. The van der Waals surface area contributed by atoms with Crippen molar-refractivity contribution in [2.24, 2.45) is 5.73 Å². The number of rotatable bonds is 6. The second-order valence-electron chi connectivity index (χ2n) is 4.73. The molecule has 0 atom stereocenters. The number of hydrogen-bond acceptors (Lipinski definition) is 4. The Labute approximate surface area is 124 Å². The molecule has 0 saturated heterocycles. The van der Waals surface area contributed by atoms with E-state index in [4.69, 9.17) is 10.5 Å². The lowest BCUT2D eigenvalue weighted by Gasteiger charge is -2.18. The molecule has 0 aromatic heterocycles. The number of nitrogens with one attached hydrogen (secondary N) is 1.